The molecule has 1 unspecified atom stereocenters. The number of hydrogen-bond acceptors (Lipinski definition) is 7. The predicted molar refractivity (Wildman–Crippen MR) is 135 cm³/mol. The van der Waals surface area contributed by atoms with E-state index >= 15 is 0 Å². The number of carbonyl (C=O) groups is 2. The standard InChI is InChI=1S/C25H30ClN3O5S/c1-15(2)22(24(31)34-25(4,5)6)27-11-19-20(26)12-28-23-21(19)17(14-30)13-29(23)35(32,33)18-9-7-16(3)8-10-18/h7-10,12-15,22,27H,11H2,1-6H3. The van der Waals surface area contributed by atoms with E-state index in [0.717, 1.165) is 9.54 Å². The second kappa shape index (κ2) is 10.1. The average molecular weight is 520 g/mol. The summed E-state index contributed by atoms with van der Waals surface area (Å²) in [6.45, 7) is 11.1. The van der Waals surface area contributed by atoms with Gasteiger partial charge in [-0.05, 0) is 51.3 Å². The lowest BCUT2D eigenvalue weighted by atomic mass is 10.0. The van der Waals surface area contributed by atoms with E-state index in [4.69, 9.17) is 16.3 Å². The molecular formula is C25H30ClN3O5S. The van der Waals surface area contributed by atoms with Gasteiger partial charge in [0, 0.05) is 29.9 Å². The van der Waals surface area contributed by atoms with Gasteiger partial charge < -0.3 is 4.74 Å². The Morgan fingerprint density at radius 2 is 1.86 bits per heavy atom. The monoisotopic (exact) mass is 519 g/mol. The Bertz CT molecular complexity index is 1360. The molecule has 8 nitrogen and oxygen atoms in total. The van der Waals surface area contributed by atoms with E-state index in [-0.39, 0.29) is 33.6 Å². The third-order valence-electron chi connectivity index (χ3n) is 5.40. The fraction of sp³-hybridized carbons (Fsp3) is 0.400. The fourth-order valence-electron chi connectivity index (χ4n) is 3.67. The van der Waals surface area contributed by atoms with Crippen molar-refractivity contribution < 1.29 is 22.7 Å². The van der Waals surface area contributed by atoms with Crippen molar-refractivity contribution in [3.63, 3.8) is 0 Å². The molecule has 2 aromatic heterocycles. The smallest absolute Gasteiger partial charge is 0.323 e. The Labute approximate surface area is 210 Å². The third-order valence-corrected chi connectivity index (χ3v) is 7.39. The van der Waals surface area contributed by atoms with Crippen LogP contribution in [-0.4, -0.2) is 41.3 Å². The number of halogens is 1. The number of carbonyl (C=O) groups excluding carboxylic acids is 2. The van der Waals surface area contributed by atoms with Gasteiger partial charge in [-0.25, -0.2) is 17.4 Å². The lowest BCUT2D eigenvalue weighted by Gasteiger charge is -2.26. The molecule has 0 spiro atoms. The van der Waals surface area contributed by atoms with Crippen LogP contribution in [0.2, 0.25) is 5.02 Å². The molecule has 1 atom stereocenters. The molecule has 3 aromatic rings. The summed E-state index contributed by atoms with van der Waals surface area (Å²) in [6.07, 6.45) is 3.15. The number of aromatic nitrogens is 2. The van der Waals surface area contributed by atoms with E-state index in [9.17, 15) is 18.0 Å². The van der Waals surface area contributed by atoms with E-state index < -0.39 is 27.6 Å². The summed E-state index contributed by atoms with van der Waals surface area (Å²) in [5.41, 5.74) is 0.927. The fourth-order valence-corrected chi connectivity index (χ4v) is 5.21. The first-order chi connectivity index (χ1) is 16.3. The molecule has 1 aromatic carbocycles. The van der Waals surface area contributed by atoms with Crippen LogP contribution in [0.3, 0.4) is 0 Å². The number of aryl methyl sites for hydroxylation is 1. The van der Waals surface area contributed by atoms with Crippen molar-refractivity contribution in [2.24, 2.45) is 5.92 Å². The summed E-state index contributed by atoms with van der Waals surface area (Å²) in [6, 6.07) is 5.75. The van der Waals surface area contributed by atoms with Crippen LogP contribution < -0.4 is 5.32 Å². The molecule has 0 radical (unpaired) electrons. The zero-order valence-corrected chi connectivity index (χ0v) is 22.2. The number of rotatable bonds is 8. The van der Waals surface area contributed by atoms with Crippen molar-refractivity contribution in [1.29, 1.82) is 0 Å². The molecule has 1 N–H and O–H groups in total. The maximum Gasteiger partial charge on any atom is 0.323 e. The van der Waals surface area contributed by atoms with Crippen LogP contribution >= 0.6 is 11.6 Å². The second-order valence-corrected chi connectivity index (χ2v) is 12.0. The van der Waals surface area contributed by atoms with Crippen molar-refractivity contribution >= 4 is 44.9 Å². The van der Waals surface area contributed by atoms with Crippen LogP contribution in [0.15, 0.2) is 41.6 Å². The van der Waals surface area contributed by atoms with E-state index in [1.807, 2.05) is 20.8 Å². The van der Waals surface area contributed by atoms with Crippen LogP contribution in [0.4, 0.5) is 0 Å². The largest absolute Gasteiger partial charge is 0.459 e. The highest BCUT2D eigenvalue weighted by Gasteiger charge is 2.29. The van der Waals surface area contributed by atoms with Crippen molar-refractivity contribution in [2.75, 3.05) is 0 Å². The SMILES string of the molecule is Cc1ccc(S(=O)(=O)n2cc(C=O)c3c(CNC(C(=O)OC(C)(C)C)C(C)C)c(Cl)cnc32)cc1. The number of aldehydes is 1. The minimum atomic E-state index is -4.02. The van der Waals surface area contributed by atoms with E-state index in [0.29, 0.717) is 17.2 Å². The Kier molecular flexibility index (Phi) is 7.74. The number of hydrogen-bond donors (Lipinski definition) is 1. The highest BCUT2D eigenvalue weighted by atomic mass is 35.5. The highest BCUT2D eigenvalue weighted by molar-refractivity contribution is 7.90. The highest BCUT2D eigenvalue weighted by Crippen LogP contribution is 2.31. The predicted octanol–water partition coefficient (Wildman–Crippen LogP) is 4.50. The van der Waals surface area contributed by atoms with Gasteiger partial charge in [0.15, 0.2) is 11.9 Å². The minimum absolute atomic E-state index is 0.0682. The number of ether oxygens (including phenoxy) is 1. The average Bonchev–Trinajstić information content (AvgIpc) is 3.13. The zero-order valence-electron chi connectivity index (χ0n) is 20.6. The van der Waals surface area contributed by atoms with E-state index in [2.05, 4.69) is 10.3 Å². The maximum atomic E-state index is 13.4. The van der Waals surface area contributed by atoms with E-state index in [1.165, 1.54) is 24.5 Å². The molecule has 0 aliphatic rings. The van der Waals surface area contributed by atoms with Crippen molar-refractivity contribution in [3.05, 3.63) is 58.4 Å². The molecule has 188 valence electrons. The summed E-state index contributed by atoms with van der Waals surface area (Å²) >= 11 is 6.45. The maximum absolute atomic E-state index is 13.4. The van der Waals surface area contributed by atoms with Crippen LogP contribution in [-0.2, 0) is 26.1 Å². The van der Waals surface area contributed by atoms with Gasteiger partial charge in [0.05, 0.1) is 9.92 Å². The number of esters is 1. The lowest BCUT2D eigenvalue weighted by Crippen LogP contribution is -2.44. The first-order valence-electron chi connectivity index (χ1n) is 11.2. The van der Waals surface area contributed by atoms with Gasteiger partial charge in [-0.1, -0.05) is 43.1 Å². The number of fused-ring (bicyclic) bond motifs is 1. The summed E-state index contributed by atoms with van der Waals surface area (Å²) in [7, 11) is -4.02. The Balaban J connectivity index is 2.07. The molecule has 35 heavy (non-hydrogen) atoms. The van der Waals surface area contributed by atoms with Gasteiger partial charge >= 0.3 is 5.97 Å². The summed E-state index contributed by atoms with van der Waals surface area (Å²) in [4.78, 5) is 29.0. The molecule has 0 fully saturated rings. The number of nitrogens with one attached hydrogen (secondary N) is 1. The number of benzene rings is 1. The molecule has 0 aliphatic heterocycles. The molecule has 3 rings (SSSR count). The Hall–Kier alpha value is -2.75. The first-order valence-corrected chi connectivity index (χ1v) is 13.0. The molecular weight excluding hydrogens is 490 g/mol. The zero-order chi connectivity index (χ0) is 26.1. The van der Waals surface area contributed by atoms with Crippen LogP contribution in [0, 0.1) is 12.8 Å². The van der Waals surface area contributed by atoms with Gasteiger partial charge in [0.2, 0.25) is 0 Å². The second-order valence-electron chi connectivity index (χ2n) is 9.74. The van der Waals surface area contributed by atoms with Gasteiger partial charge in [-0.2, -0.15) is 0 Å². The van der Waals surface area contributed by atoms with Crippen LogP contribution in [0.5, 0.6) is 0 Å². The van der Waals surface area contributed by atoms with Gasteiger partial charge in [-0.3, -0.25) is 14.9 Å². The molecule has 0 aliphatic carbocycles. The third kappa shape index (κ3) is 5.74. The van der Waals surface area contributed by atoms with Crippen molar-refractivity contribution in [2.45, 2.75) is 64.6 Å². The summed E-state index contributed by atoms with van der Waals surface area (Å²) < 4.78 is 33.2. The van der Waals surface area contributed by atoms with Gasteiger partial charge in [-0.15, -0.1) is 0 Å². The first kappa shape index (κ1) is 26.8. The minimum Gasteiger partial charge on any atom is -0.459 e. The summed E-state index contributed by atoms with van der Waals surface area (Å²) in [5.74, 6) is -0.512. The lowest BCUT2D eigenvalue weighted by molar-refractivity contribution is -0.158. The normalized spacial score (nSPS) is 13.3. The molecule has 0 saturated heterocycles. The van der Waals surface area contributed by atoms with Crippen molar-refractivity contribution in [1.82, 2.24) is 14.3 Å². The van der Waals surface area contributed by atoms with Crippen LogP contribution in [0.1, 0.15) is 56.1 Å². The quantitative estimate of drug-likeness (QED) is 0.344. The summed E-state index contributed by atoms with van der Waals surface area (Å²) in [5, 5.41) is 3.72. The number of nitrogens with zero attached hydrogens (tertiary/aromatic N) is 2. The number of pyridine rings is 1. The van der Waals surface area contributed by atoms with E-state index in [1.54, 1.807) is 32.9 Å². The molecule has 0 saturated carbocycles. The molecule has 0 amide bonds. The topological polar surface area (TPSA) is 107 Å². The molecule has 2 heterocycles. The van der Waals surface area contributed by atoms with Crippen molar-refractivity contribution in [3.8, 4) is 0 Å². The van der Waals surface area contributed by atoms with Crippen LogP contribution in [0.25, 0.3) is 11.0 Å². The molecule has 0 bridgehead atoms. The molecule has 10 heteroatoms. The van der Waals surface area contributed by atoms with Gasteiger partial charge in [0.1, 0.15) is 11.6 Å². The Morgan fingerprint density at radius 3 is 2.40 bits per heavy atom. The van der Waals surface area contributed by atoms with Gasteiger partial charge in [0.25, 0.3) is 10.0 Å². The Morgan fingerprint density at radius 1 is 1.23 bits per heavy atom.